The number of hydrogen-bond donors (Lipinski definition) is 1. The Hall–Kier alpha value is -0.340. The lowest BCUT2D eigenvalue weighted by molar-refractivity contribution is 0.192. The third kappa shape index (κ3) is 4.80. The number of piperidine rings is 1. The molecule has 1 fully saturated rings. The third-order valence-electron chi connectivity index (χ3n) is 3.42. The van der Waals surface area contributed by atoms with Crippen LogP contribution in [0.2, 0.25) is 0 Å². The van der Waals surface area contributed by atoms with Crippen LogP contribution in [0.4, 0.5) is 0 Å². The standard InChI is InChI=1S/C13H26N2/c1-11(2)5-8-14-12(3)13-6-9-15(4)10-7-13/h5,12-14H,6-10H2,1-4H3. The molecule has 0 bridgehead atoms. The van der Waals surface area contributed by atoms with Gasteiger partial charge in [0.1, 0.15) is 0 Å². The first-order chi connectivity index (χ1) is 7.09. The molecule has 0 aromatic carbocycles. The summed E-state index contributed by atoms with van der Waals surface area (Å²) in [5.74, 6) is 0.867. The maximum atomic E-state index is 3.60. The van der Waals surface area contributed by atoms with Gasteiger partial charge in [-0.2, -0.15) is 0 Å². The Morgan fingerprint density at radius 1 is 1.40 bits per heavy atom. The molecule has 1 atom stereocenters. The quantitative estimate of drug-likeness (QED) is 0.716. The van der Waals surface area contributed by atoms with E-state index in [1.165, 1.54) is 31.5 Å². The Bertz CT molecular complexity index is 199. The highest BCUT2D eigenvalue weighted by molar-refractivity contribution is 4.95. The Balaban J connectivity index is 2.22. The van der Waals surface area contributed by atoms with Crippen molar-refractivity contribution >= 4 is 0 Å². The summed E-state index contributed by atoms with van der Waals surface area (Å²) < 4.78 is 0. The van der Waals surface area contributed by atoms with Crippen LogP contribution in [0.3, 0.4) is 0 Å². The second kappa shape index (κ2) is 6.29. The van der Waals surface area contributed by atoms with Gasteiger partial charge in [0.05, 0.1) is 0 Å². The summed E-state index contributed by atoms with van der Waals surface area (Å²) in [6.45, 7) is 10.2. The predicted octanol–water partition coefficient (Wildman–Crippen LogP) is 2.27. The van der Waals surface area contributed by atoms with Crippen molar-refractivity contribution in [1.29, 1.82) is 0 Å². The lowest BCUT2D eigenvalue weighted by Gasteiger charge is -2.33. The molecule has 88 valence electrons. The number of rotatable bonds is 4. The van der Waals surface area contributed by atoms with Crippen molar-refractivity contribution in [3.05, 3.63) is 11.6 Å². The van der Waals surface area contributed by atoms with Crippen LogP contribution in [-0.4, -0.2) is 37.6 Å². The Morgan fingerprint density at radius 3 is 2.53 bits per heavy atom. The number of nitrogens with zero attached hydrogens (tertiary/aromatic N) is 1. The summed E-state index contributed by atoms with van der Waals surface area (Å²) in [5.41, 5.74) is 1.40. The van der Waals surface area contributed by atoms with E-state index in [1.54, 1.807) is 0 Å². The van der Waals surface area contributed by atoms with Gasteiger partial charge in [-0.15, -0.1) is 0 Å². The van der Waals surface area contributed by atoms with Crippen LogP contribution in [0.15, 0.2) is 11.6 Å². The van der Waals surface area contributed by atoms with Crippen LogP contribution in [0.25, 0.3) is 0 Å². The highest BCUT2D eigenvalue weighted by Crippen LogP contribution is 2.19. The smallest absolute Gasteiger partial charge is 0.0139 e. The minimum Gasteiger partial charge on any atom is -0.311 e. The van der Waals surface area contributed by atoms with Crippen LogP contribution >= 0.6 is 0 Å². The fourth-order valence-corrected chi connectivity index (χ4v) is 2.14. The summed E-state index contributed by atoms with van der Waals surface area (Å²) in [6.07, 6.45) is 4.96. The normalized spacial score (nSPS) is 21.3. The Labute approximate surface area is 94.7 Å². The molecule has 1 unspecified atom stereocenters. The third-order valence-corrected chi connectivity index (χ3v) is 3.42. The molecule has 1 saturated heterocycles. The van der Waals surface area contributed by atoms with Crippen LogP contribution in [-0.2, 0) is 0 Å². The molecule has 0 amide bonds. The number of hydrogen-bond acceptors (Lipinski definition) is 2. The van der Waals surface area contributed by atoms with E-state index >= 15 is 0 Å². The first-order valence-electron chi connectivity index (χ1n) is 6.15. The number of nitrogens with one attached hydrogen (secondary N) is 1. The average molecular weight is 210 g/mol. The first-order valence-corrected chi connectivity index (χ1v) is 6.15. The molecular weight excluding hydrogens is 184 g/mol. The molecule has 0 saturated carbocycles. The molecule has 0 aromatic rings. The summed E-state index contributed by atoms with van der Waals surface area (Å²) in [7, 11) is 2.22. The van der Waals surface area contributed by atoms with Gasteiger partial charge in [0.25, 0.3) is 0 Å². The summed E-state index contributed by atoms with van der Waals surface area (Å²) in [5, 5.41) is 3.60. The topological polar surface area (TPSA) is 15.3 Å². The van der Waals surface area contributed by atoms with E-state index in [0.29, 0.717) is 6.04 Å². The minimum atomic E-state index is 0.661. The van der Waals surface area contributed by atoms with Crippen molar-refractivity contribution in [3.63, 3.8) is 0 Å². The first kappa shape index (κ1) is 12.7. The zero-order chi connectivity index (χ0) is 11.3. The SMILES string of the molecule is CC(C)=CCNC(C)C1CCN(C)CC1. The van der Waals surface area contributed by atoms with Gasteiger partial charge in [0, 0.05) is 12.6 Å². The summed E-state index contributed by atoms with van der Waals surface area (Å²) in [6, 6.07) is 0.661. The Kier molecular flexibility index (Phi) is 5.34. The maximum absolute atomic E-state index is 3.60. The summed E-state index contributed by atoms with van der Waals surface area (Å²) >= 11 is 0. The van der Waals surface area contributed by atoms with Crippen molar-refractivity contribution in [3.8, 4) is 0 Å². The molecule has 0 aliphatic carbocycles. The molecule has 0 spiro atoms. The minimum absolute atomic E-state index is 0.661. The van der Waals surface area contributed by atoms with Crippen molar-refractivity contribution in [2.24, 2.45) is 5.92 Å². The van der Waals surface area contributed by atoms with E-state index < -0.39 is 0 Å². The molecule has 15 heavy (non-hydrogen) atoms. The highest BCUT2D eigenvalue weighted by Gasteiger charge is 2.21. The van der Waals surface area contributed by atoms with Gasteiger partial charge in [-0.25, -0.2) is 0 Å². The van der Waals surface area contributed by atoms with Crippen LogP contribution in [0.5, 0.6) is 0 Å². The second-order valence-electron chi connectivity index (χ2n) is 5.12. The van der Waals surface area contributed by atoms with Crippen molar-refractivity contribution in [1.82, 2.24) is 10.2 Å². The second-order valence-corrected chi connectivity index (χ2v) is 5.12. The van der Waals surface area contributed by atoms with Gasteiger partial charge in [-0.1, -0.05) is 11.6 Å². The van der Waals surface area contributed by atoms with Crippen molar-refractivity contribution < 1.29 is 0 Å². The maximum Gasteiger partial charge on any atom is 0.0139 e. The fourth-order valence-electron chi connectivity index (χ4n) is 2.14. The van der Waals surface area contributed by atoms with Crippen LogP contribution in [0.1, 0.15) is 33.6 Å². The molecule has 1 N–H and O–H groups in total. The zero-order valence-corrected chi connectivity index (χ0v) is 10.7. The van der Waals surface area contributed by atoms with E-state index in [9.17, 15) is 0 Å². The van der Waals surface area contributed by atoms with Gasteiger partial charge < -0.3 is 10.2 Å². The van der Waals surface area contributed by atoms with Gasteiger partial charge in [-0.05, 0) is 59.7 Å². The molecule has 0 aromatic heterocycles. The van der Waals surface area contributed by atoms with Gasteiger partial charge >= 0.3 is 0 Å². The average Bonchev–Trinajstić information content (AvgIpc) is 2.18. The molecule has 1 aliphatic rings. The van der Waals surface area contributed by atoms with E-state index in [4.69, 9.17) is 0 Å². The largest absolute Gasteiger partial charge is 0.311 e. The highest BCUT2D eigenvalue weighted by atomic mass is 15.1. The van der Waals surface area contributed by atoms with Crippen molar-refractivity contribution in [2.75, 3.05) is 26.7 Å². The van der Waals surface area contributed by atoms with E-state index in [-0.39, 0.29) is 0 Å². The lowest BCUT2D eigenvalue weighted by atomic mass is 9.90. The van der Waals surface area contributed by atoms with Gasteiger partial charge in [0.2, 0.25) is 0 Å². The summed E-state index contributed by atoms with van der Waals surface area (Å²) in [4.78, 5) is 2.43. The molecule has 1 heterocycles. The van der Waals surface area contributed by atoms with Crippen LogP contribution < -0.4 is 5.32 Å². The number of allylic oxidation sites excluding steroid dienone is 1. The van der Waals surface area contributed by atoms with Crippen LogP contribution in [0, 0.1) is 5.92 Å². The van der Waals surface area contributed by atoms with E-state index in [2.05, 4.69) is 44.1 Å². The molecular formula is C13H26N2. The van der Waals surface area contributed by atoms with E-state index in [0.717, 1.165) is 12.5 Å². The Morgan fingerprint density at radius 2 is 2.00 bits per heavy atom. The number of likely N-dealkylation sites (tertiary alicyclic amines) is 1. The van der Waals surface area contributed by atoms with Crippen molar-refractivity contribution in [2.45, 2.75) is 39.7 Å². The molecule has 0 radical (unpaired) electrons. The molecule has 1 aliphatic heterocycles. The van der Waals surface area contributed by atoms with E-state index in [1.807, 2.05) is 0 Å². The van der Waals surface area contributed by atoms with Gasteiger partial charge in [0.15, 0.2) is 0 Å². The molecule has 1 rings (SSSR count). The monoisotopic (exact) mass is 210 g/mol. The molecule has 2 heteroatoms. The predicted molar refractivity (Wildman–Crippen MR) is 67.1 cm³/mol. The molecule has 2 nitrogen and oxygen atoms in total. The fraction of sp³-hybridized carbons (Fsp3) is 0.846. The van der Waals surface area contributed by atoms with Gasteiger partial charge in [-0.3, -0.25) is 0 Å². The lowest BCUT2D eigenvalue weighted by Crippen LogP contribution is -2.40. The zero-order valence-electron chi connectivity index (χ0n) is 10.7.